The van der Waals surface area contributed by atoms with Gasteiger partial charge in [0.15, 0.2) is 0 Å². The zero-order chi connectivity index (χ0) is 17.1. The van der Waals surface area contributed by atoms with Gasteiger partial charge in [0.2, 0.25) is 0 Å². The van der Waals surface area contributed by atoms with Gasteiger partial charge in [0.1, 0.15) is 0 Å². The molecule has 4 aromatic rings. The normalized spacial score (nSPS) is 12.7. The molecule has 0 aliphatic heterocycles. The summed E-state index contributed by atoms with van der Waals surface area (Å²) in [5.74, 6) is 0.161. The van der Waals surface area contributed by atoms with Gasteiger partial charge in [0, 0.05) is 28.0 Å². The molecule has 1 atom stereocenters. The number of nitrogens with one attached hydrogen (secondary N) is 1. The van der Waals surface area contributed by atoms with Gasteiger partial charge in [-0.3, -0.25) is 0 Å². The molecular formula is C23H18ClN. The van der Waals surface area contributed by atoms with Gasteiger partial charge >= 0.3 is 0 Å². The Balaban J connectivity index is 1.82. The first-order valence-corrected chi connectivity index (χ1v) is 8.74. The summed E-state index contributed by atoms with van der Waals surface area (Å²) in [5.41, 5.74) is 4.79. The van der Waals surface area contributed by atoms with Crippen LogP contribution >= 0.6 is 11.6 Å². The number of allylic oxidation sites excluding steroid dienone is 1. The van der Waals surface area contributed by atoms with E-state index in [0.717, 1.165) is 10.5 Å². The Hall–Kier alpha value is -2.77. The Labute approximate surface area is 152 Å². The zero-order valence-corrected chi connectivity index (χ0v) is 14.4. The minimum atomic E-state index is 0.161. The first kappa shape index (κ1) is 15.7. The first-order chi connectivity index (χ1) is 12.3. The van der Waals surface area contributed by atoms with Crippen LogP contribution in [0.4, 0.5) is 0 Å². The van der Waals surface area contributed by atoms with E-state index in [4.69, 9.17) is 11.6 Å². The van der Waals surface area contributed by atoms with Gasteiger partial charge in [-0.2, -0.15) is 0 Å². The second-order valence-corrected chi connectivity index (χ2v) is 6.53. The third kappa shape index (κ3) is 3.38. The summed E-state index contributed by atoms with van der Waals surface area (Å²) in [7, 11) is 0. The summed E-state index contributed by atoms with van der Waals surface area (Å²) in [5, 5.41) is 1.92. The van der Waals surface area contributed by atoms with E-state index in [1.165, 1.54) is 22.1 Å². The smallest absolute Gasteiger partial charge is 0.0458 e. The maximum Gasteiger partial charge on any atom is 0.0458 e. The molecule has 0 saturated heterocycles. The number of halogens is 1. The lowest BCUT2D eigenvalue weighted by Crippen LogP contribution is -1.96. The molecule has 25 heavy (non-hydrogen) atoms. The molecular weight excluding hydrogens is 326 g/mol. The number of fused-ring (bicyclic) bond motifs is 1. The van der Waals surface area contributed by atoms with Crippen LogP contribution in [0, 0.1) is 0 Å². The van der Waals surface area contributed by atoms with E-state index in [9.17, 15) is 0 Å². The van der Waals surface area contributed by atoms with Crippen LogP contribution in [0.15, 0.2) is 91.1 Å². The molecule has 0 spiro atoms. The lowest BCUT2D eigenvalue weighted by Gasteiger charge is -2.13. The molecule has 1 aromatic heterocycles. The minimum absolute atomic E-state index is 0.161. The SMILES string of the molecule is Clc1ccc2[nH]cc([C@H](/C=C/c3ccccc3)c3ccccc3)c2c1. The fourth-order valence-electron chi connectivity index (χ4n) is 3.20. The Morgan fingerprint density at radius 3 is 2.32 bits per heavy atom. The quantitative estimate of drug-likeness (QED) is 0.426. The van der Waals surface area contributed by atoms with Crippen molar-refractivity contribution < 1.29 is 0 Å². The van der Waals surface area contributed by atoms with Crippen molar-refractivity contribution in [1.29, 1.82) is 0 Å². The van der Waals surface area contributed by atoms with Crippen molar-refractivity contribution >= 4 is 28.6 Å². The van der Waals surface area contributed by atoms with Crippen LogP contribution in [-0.2, 0) is 0 Å². The summed E-state index contributed by atoms with van der Waals surface area (Å²) >= 11 is 6.24. The molecule has 2 heteroatoms. The average molecular weight is 344 g/mol. The van der Waals surface area contributed by atoms with Crippen molar-refractivity contribution in [1.82, 2.24) is 4.98 Å². The highest BCUT2D eigenvalue weighted by Crippen LogP contribution is 2.33. The Kier molecular flexibility index (Phi) is 4.41. The highest BCUT2D eigenvalue weighted by molar-refractivity contribution is 6.31. The molecule has 0 radical (unpaired) electrons. The van der Waals surface area contributed by atoms with Crippen LogP contribution in [0.3, 0.4) is 0 Å². The molecule has 0 bridgehead atoms. The van der Waals surface area contributed by atoms with E-state index >= 15 is 0 Å². The van der Waals surface area contributed by atoms with Gasteiger partial charge < -0.3 is 4.98 Å². The maximum atomic E-state index is 6.24. The van der Waals surface area contributed by atoms with E-state index in [1.54, 1.807) is 0 Å². The lowest BCUT2D eigenvalue weighted by molar-refractivity contribution is 1.04. The first-order valence-electron chi connectivity index (χ1n) is 8.36. The number of hydrogen-bond acceptors (Lipinski definition) is 0. The fraction of sp³-hybridized carbons (Fsp3) is 0.0435. The maximum absolute atomic E-state index is 6.24. The standard InChI is InChI=1S/C23H18ClN/c24-19-12-14-23-21(15-19)22(16-25-23)20(18-9-5-2-6-10-18)13-11-17-7-3-1-4-8-17/h1-16,20,25H/b13-11+/t20-/m1/s1. The van der Waals surface area contributed by atoms with Crippen molar-refractivity contribution in [2.24, 2.45) is 0 Å². The fourth-order valence-corrected chi connectivity index (χ4v) is 3.37. The van der Waals surface area contributed by atoms with Crippen molar-refractivity contribution in [3.05, 3.63) is 113 Å². The Morgan fingerprint density at radius 1 is 0.840 bits per heavy atom. The third-order valence-corrected chi connectivity index (χ3v) is 4.69. The molecule has 0 aliphatic carbocycles. The van der Waals surface area contributed by atoms with Crippen LogP contribution in [-0.4, -0.2) is 4.98 Å². The van der Waals surface area contributed by atoms with Crippen molar-refractivity contribution in [2.75, 3.05) is 0 Å². The van der Waals surface area contributed by atoms with Crippen molar-refractivity contribution in [2.45, 2.75) is 5.92 Å². The molecule has 0 aliphatic rings. The van der Waals surface area contributed by atoms with E-state index < -0.39 is 0 Å². The number of aromatic nitrogens is 1. The summed E-state index contributed by atoms with van der Waals surface area (Å²) < 4.78 is 0. The number of rotatable bonds is 4. The van der Waals surface area contributed by atoms with Crippen LogP contribution in [0.1, 0.15) is 22.6 Å². The molecule has 0 fully saturated rings. The predicted molar refractivity (Wildman–Crippen MR) is 107 cm³/mol. The van der Waals surface area contributed by atoms with Gasteiger partial charge in [-0.15, -0.1) is 0 Å². The van der Waals surface area contributed by atoms with Crippen LogP contribution in [0.2, 0.25) is 5.02 Å². The largest absolute Gasteiger partial charge is 0.361 e. The van der Waals surface area contributed by atoms with Crippen LogP contribution in [0.5, 0.6) is 0 Å². The molecule has 1 nitrogen and oxygen atoms in total. The number of H-pyrrole nitrogens is 1. The molecule has 4 rings (SSSR count). The van der Waals surface area contributed by atoms with Gasteiger partial charge in [-0.05, 0) is 34.9 Å². The van der Waals surface area contributed by atoms with E-state index in [0.29, 0.717) is 0 Å². The van der Waals surface area contributed by atoms with Gasteiger partial charge in [0.25, 0.3) is 0 Å². The highest BCUT2D eigenvalue weighted by Gasteiger charge is 2.15. The molecule has 1 N–H and O–H groups in total. The van der Waals surface area contributed by atoms with Gasteiger partial charge in [-0.25, -0.2) is 0 Å². The van der Waals surface area contributed by atoms with E-state index in [-0.39, 0.29) is 5.92 Å². The summed E-state index contributed by atoms with van der Waals surface area (Å²) in [6, 6.07) is 26.9. The zero-order valence-electron chi connectivity index (χ0n) is 13.7. The molecule has 1 heterocycles. The number of benzene rings is 3. The van der Waals surface area contributed by atoms with Crippen LogP contribution in [0.25, 0.3) is 17.0 Å². The van der Waals surface area contributed by atoms with Gasteiger partial charge in [0.05, 0.1) is 0 Å². The average Bonchev–Trinajstić information content (AvgIpc) is 3.07. The molecule has 0 unspecified atom stereocenters. The second-order valence-electron chi connectivity index (χ2n) is 6.09. The number of hydrogen-bond donors (Lipinski definition) is 1. The van der Waals surface area contributed by atoms with E-state index in [1.807, 2.05) is 30.3 Å². The van der Waals surface area contributed by atoms with Crippen LogP contribution < -0.4 is 0 Å². The molecule has 0 saturated carbocycles. The van der Waals surface area contributed by atoms with Crippen molar-refractivity contribution in [3.63, 3.8) is 0 Å². The lowest BCUT2D eigenvalue weighted by atomic mass is 9.90. The number of aromatic amines is 1. The topological polar surface area (TPSA) is 15.8 Å². The van der Waals surface area contributed by atoms with Gasteiger partial charge in [-0.1, -0.05) is 84.4 Å². The molecule has 0 amide bonds. The third-order valence-electron chi connectivity index (χ3n) is 4.45. The van der Waals surface area contributed by atoms with E-state index in [2.05, 4.69) is 71.9 Å². The minimum Gasteiger partial charge on any atom is -0.361 e. The monoisotopic (exact) mass is 343 g/mol. The highest BCUT2D eigenvalue weighted by atomic mass is 35.5. The molecule has 3 aromatic carbocycles. The Morgan fingerprint density at radius 2 is 1.56 bits per heavy atom. The Bertz CT molecular complexity index is 1000. The molecule has 122 valence electrons. The summed E-state index contributed by atoms with van der Waals surface area (Å²) in [6.45, 7) is 0. The second kappa shape index (κ2) is 7.00. The summed E-state index contributed by atoms with van der Waals surface area (Å²) in [4.78, 5) is 3.37. The predicted octanol–water partition coefficient (Wildman–Crippen LogP) is 6.67. The summed E-state index contributed by atoms with van der Waals surface area (Å²) in [6.07, 6.45) is 6.53. The van der Waals surface area contributed by atoms with Crippen molar-refractivity contribution in [3.8, 4) is 0 Å².